The number of likely N-dealkylation sites (N-methyl/N-ethyl adjacent to an activating group) is 2. The molecule has 3 amide bonds. The molecule has 0 unspecified atom stereocenters. The summed E-state index contributed by atoms with van der Waals surface area (Å²) >= 11 is 0. The van der Waals surface area contributed by atoms with Crippen molar-refractivity contribution >= 4 is 103 Å². The Balaban J connectivity index is 0. The number of aliphatic hydroxyl groups is 1. The SMILES string of the molecule is CN[C@@H](CCCC(=O)OC)COC(=O)Nc1cc2ccccc2cn1.CO.COC(=O)CCC[C@@H](COC(=O)Nc1cc2ccccc2cn1)N(C)C(=O)OC(C)(C)C.Cl.S.S. The van der Waals surface area contributed by atoms with Gasteiger partial charge in [0.2, 0.25) is 0 Å². The number of ether oxygens (including phenoxy) is 5. The van der Waals surface area contributed by atoms with Crippen LogP contribution in [0.15, 0.2) is 73.1 Å². The lowest BCUT2D eigenvalue weighted by Gasteiger charge is -2.30. The van der Waals surface area contributed by atoms with Gasteiger partial charge in [-0.3, -0.25) is 20.2 Å². The number of hydrogen-bond acceptors (Lipinski definition) is 14. The number of rotatable bonds is 16. The summed E-state index contributed by atoms with van der Waals surface area (Å²) in [5.41, 5.74) is -0.665. The monoisotopic (exact) mass is 926 g/mol. The molecule has 20 heteroatoms. The summed E-state index contributed by atoms with van der Waals surface area (Å²) in [6, 6.07) is 18.4. The van der Waals surface area contributed by atoms with Gasteiger partial charge >= 0.3 is 30.2 Å². The Hall–Kier alpha value is -5.08. The van der Waals surface area contributed by atoms with Crippen molar-refractivity contribution in [2.75, 3.05) is 59.3 Å². The van der Waals surface area contributed by atoms with Crippen LogP contribution in [0.25, 0.3) is 21.5 Å². The zero-order valence-electron chi connectivity index (χ0n) is 36.5. The summed E-state index contributed by atoms with van der Waals surface area (Å²) in [6.07, 6.45) is 4.37. The molecule has 0 fully saturated rings. The first-order chi connectivity index (χ1) is 28.2. The number of nitrogens with one attached hydrogen (secondary N) is 3. The van der Waals surface area contributed by atoms with Gasteiger partial charge in [-0.05, 0) is 76.4 Å². The van der Waals surface area contributed by atoms with Gasteiger partial charge in [0.25, 0.3) is 0 Å². The van der Waals surface area contributed by atoms with Gasteiger partial charge in [0.1, 0.15) is 30.5 Å². The van der Waals surface area contributed by atoms with E-state index in [2.05, 4.69) is 35.4 Å². The molecule has 2 aromatic carbocycles. The molecule has 0 saturated carbocycles. The van der Waals surface area contributed by atoms with E-state index < -0.39 is 29.9 Å². The van der Waals surface area contributed by atoms with E-state index in [1.54, 1.807) is 59.4 Å². The number of nitrogens with zero attached hydrogens (tertiary/aromatic N) is 3. The normalized spacial score (nSPS) is 11.0. The highest BCUT2D eigenvalue weighted by Gasteiger charge is 2.27. The van der Waals surface area contributed by atoms with Gasteiger partial charge in [0.05, 0.1) is 20.3 Å². The zero-order valence-corrected chi connectivity index (χ0v) is 39.3. The van der Waals surface area contributed by atoms with Crippen molar-refractivity contribution in [2.24, 2.45) is 0 Å². The van der Waals surface area contributed by atoms with Crippen molar-refractivity contribution in [3.8, 4) is 0 Å². The fraction of sp³-hybridized carbons (Fsp3) is 0.452. The molecule has 4 N–H and O–H groups in total. The van der Waals surface area contributed by atoms with Crippen LogP contribution >= 0.6 is 39.4 Å². The molecule has 0 aliphatic heterocycles. The molecule has 17 nitrogen and oxygen atoms in total. The lowest BCUT2D eigenvalue weighted by atomic mass is 10.1. The van der Waals surface area contributed by atoms with E-state index in [1.807, 2.05) is 48.5 Å². The van der Waals surface area contributed by atoms with E-state index in [-0.39, 0.29) is 77.0 Å². The quantitative estimate of drug-likeness (QED) is 0.0639. The number of amides is 3. The molecule has 0 bridgehead atoms. The smallest absolute Gasteiger partial charge is 0.412 e. The van der Waals surface area contributed by atoms with Crippen LogP contribution in [0.1, 0.15) is 59.3 Å². The van der Waals surface area contributed by atoms with Gasteiger partial charge in [0, 0.05) is 56.2 Å². The number of benzene rings is 2. The van der Waals surface area contributed by atoms with Crippen molar-refractivity contribution in [1.29, 1.82) is 0 Å². The fourth-order valence-corrected chi connectivity index (χ4v) is 5.30. The maximum Gasteiger partial charge on any atom is 0.412 e. The average molecular weight is 928 g/mol. The molecule has 0 spiro atoms. The number of esters is 2. The predicted octanol–water partition coefficient (Wildman–Crippen LogP) is 7.33. The zero-order chi connectivity index (χ0) is 43.8. The van der Waals surface area contributed by atoms with E-state index >= 15 is 0 Å². The van der Waals surface area contributed by atoms with Gasteiger partial charge in [-0.15, -0.1) is 12.4 Å². The van der Waals surface area contributed by atoms with E-state index in [1.165, 1.54) is 19.1 Å². The number of carbonyl (C=O) groups excluding carboxylic acids is 5. The second-order valence-corrected chi connectivity index (χ2v) is 13.9. The van der Waals surface area contributed by atoms with Crippen LogP contribution in [0.5, 0.6) is 0 Å². The second-order valence-electron chi connectivity index (χ2n) is 13.9. The number of halogens is 1. The van der Waals surface area contributed by atoms with Gasteiger partial charge in [-0.25, -0.2) is 24.4 Å². The van der Waals surface area contributed by atoms with Crippen molar-refractivity contribution in [3.05, 3.63) is 73.1 Å². The highest BCUT2D eigenvalue weighted by atomic mass is 35.5. The molecule has 0 aliphatic carbocycles. The van der Waals surface area contributed by atoms with Crippen LogP contribution in [-0.2, 0) is 33.3 Å². The second kappa shape index (κ2) is 31.7. The van der Waals surface area contributed by atoms with Crippen LogP contribution in [-0.4, -0.2) is 117 Å². The minimum Gasteiger partial charge on any atom is -0.469 e. The fourth-order valence-electron chi connectivity index (χ4n) is 5.30. The summed E-state index contributed by atoms with van der Waals surface area (Å²) in [7, 11) is 7.05. The number of aromatic nitrogens is 2. The summed E-state index contributed by atoms with van der Waals surface area (Å²) in [4.78, 5) is 69.0. The Labute approximate surface area is 383 Å². The van der Waals surface area contributed by atoms with Crippen LogP contribution in [0.4, 0.5) is 26.0 Å². The first kappa shape index (κ1) is 59.0. The minimum atomic E-state index is -0.691. The predicted molar refractivity (Wildman–Crippen MR) is 252 cm³/mol. The van der Waals surface area contributed by atoms with Gasteiger partial charge in [-0.2, -0.15) is 27.0 Å². The number of anilines is 2. The maximum absolute atomic E-state index is 12.5. The van der Waals surface area contributed by atoms with Crippen molar-refractivity contribution < 1.29 is 52.8 Å². The standard InChI is InChI=1S/C23H31N3O6.C18H23N3O4.CH4O.ClH.2H2S/c1-23(2,3)32-22(29)26(4)18(11-8-12-20(27)30-5)15-31-21(28)25-19-13-16-9-6-7-10-17(16)14-24-19;1-19-15(8-5-9-17(22)24-2)12-25-18(23)21-16-10-13-6-3-4-7-14(13)11-20-16;1-2;;;/h6-7,9-10,13-14,18H,8,11-12,15H2,1-5H3,(H,24,25,28);3-4,6-7,10-11,15,19H,5,8-9,12H2,1-2H3,(H,20,21,23);2H,1H3;1H;2*1H2/t18-;15-;;;;/m00..../s1. The Kier molecular flexibility index (Phi) is 30.2. The molecule has 2 atom stereocenters. The van der Waals surface area contributed by atoms with Crippen LogP contribution in [0, 0.1) is 0 Å². The Morgan fingerprint density at radius 3 is 1.55 bits per heavy atom. The molecule has 4 rings (SSSR count). The molecule has 346 valence electrons. The van der Waals surface area contributed by atoms with Gasteiger partial charge in [0.15, 0.2) is 0 Å². The van der Waals surface area contributed by atoms with Crippen LogP contribution in [0.2, 0.25) is 0 Å². The number of carbonyl (C=O) groups is 5. The highest BCUT2D eigenvalue weighted by molar-refractivity contribution is 7.59. The first-order valence-electron chi connectivity index (χ1n) is 19.0. The third kappa shape index (κ3) is 22.7. The van der Waals surface area contributed by atoms with E-state index in [9.17, 15) is 24.0 Å². The molecule has 62 heavy (non-hydrogen) atoms. The molecule has 0 radical (unpaired) electrons. The van der Waals surface area contributed by atoms with Crippen LogP contribution in [0.3, 0.4) is 0 Å². The van der Waals surface area contributed by atoms with Crippen molar-refractivity contribution in [1.82, 2.24) is 20.2 Å². The largest absolute Gasteiger partial charge is 0.469 e. The molecule has 0 saturated heterocycles. The summed E-state index contributed by atoms with van der Waals surface area (Å²) in [6.45, 7) is 5.44. The summed E-state index contributed by atoms with van der Waals surface area (Å²) < 4.78 is 25.2. The number of fused-ring (bicyclic) bond motifs is 2. The third-order valence-corrected chi connectivity index (χ3v) is 8.49. The van der Waals surface area contributed by atoms with E-state index in [4.69, 9.17) is 19.3 Å². The number of pyridine rings is 2. The summed E-state index contributed by atoms with van der Waals surface area (Å²) in [5, 5.41) is 19.2. The Bertz CT molecular complexity index is 1960. The van der Waals surface area contributed by atoms with Crippen molar-refractivity contribution in [2.45, 2.75) is 77.0 Å². The van der Waals surface area contributed by atoms with Crippen LogP contribution < -0.4 is 16.0 Å². The van der Waals surface area contributed by atoms with E-state index in [0.29, 0.717) is 43.7 Å². The maximum atomic E-state index is 12.5. The number of hydrogen-bond donors (Lipinski definition) is 4. The first-order valence-corrected chi connectivity index (χ1v) is 19.0. The number of methoxy groups -OCH3 is 2. The van der Waals surface area contributed by atoms with Gasteiger partial charge in [-0.1, -0.05) is 48.5 Å². The lowest BCUT2D eigenvalue weighted by molar-refractivity contribution is -0.141. The molecule has 2 aromatic heterocycles. The Morgan fingerprint density at radius 2 is 1.13 bits per heavy atom. The molecule has 0 aliphatic rings. The minimum absolute atomic E-state index is 0. The number of aliphatic hydroxyl groups excluding tert-OH is 1. The molecule has 4 aromatic rings. The van der Waals surface area contributed by atoms with Crippen molar-refractivity contribution in [3.63, 3.8) is 0 Å². The topological polar surface area (TPSA) is 217 Å². The highest BCUT2D eigenvalue weighted by Crippen LogP contribution is 2.19. The molecular formula is C42H63ClN6O11S2. The summed E-state index contributed by atoms with van der Waals surface area (Å²) in [5.74, 6) is 0.215. The third-order valence-electron chi connectivity index (χ3n) is 8.49. The molecular weight excluding hydrogens is 864 g/mol. The van der Waals surface area contributed by atoms with E-state index in [0.717, 1.165) is 28.7 Å². The lowest BCUT2D eigenvalue weighted by Crippen LogP contribution is -2.43. The van der Waals surface area contributed by atoms with Gasteiger partial charge < -0.3 is 39.0 Å². The average Bonchev–Trinajstić information content (AvgIpc) is 3.23. The molecule has 2 heterocycles. The Morgan fingerprint density at radius 1 is 0.710 bits per heavy atom.